The predicted octanol–water partition coefficient (Wildman–Crippen LogP) is 2.47. The van der Waals surface area contributed by atoms with Crippen molar-refractivity contribution < 1.29 is 19.4 Å². The molecule has 0 atom stereocenters. The molecule has 0 aliphatic heterocycles. The zero-order valence-corrected chi connectivity index (χ0v) is 9.97. The van der Waals surface area contributed by atoms with Gasteiger partial charge in [0.1, 0.15) is 5.75 Å². The number of ether oxygens (including phenoxy) is 2. The lowest BCUT2D eigenvalue weighted by Crippen LogP contribution is -2.04. The number of rotatable bonds is 6. The van der Waals surface area contributed by atoms with Crippen LogP contribution in [0.25, 0.3) is 6.08 Å². The van der Waals surface area contributed by atoms with E-state index in [2.05, 4.69) is 0 Å². The third kappa shape index (κ3) is 4.28. The lowest BCUT2D eigenvalue weighted by molar-refractivity contribution is -0.131. The van der Waals surface area contributed by atoms with Gasteiger partial charge in [0, 0.05) is 18.2 Å². The van der Waals surface area contributed by atoms with E-state index in [0.29, 0.717) is 12.4 Å². The van der Waals surface area contributed by atoms with Crippen molar-refractivity contribution in [2.45, 2.75) is 13.8 Å². The maximum Gasteiger partial charge on any atom is 0.328 e. The molecule has 1 aromatic carbocycles. The zero-order chi connectivity index (χ0) is 12.7. The van der Waals surface area contributed by atoms with E-state index in [4.69, 9.17) is 14.6 Å². The molecule has 0 aromatic heterocycles. The van der Waals surface area contributed by atoms with Gasteiger partial charge in [-0.1, -0.05) is 18.2 Å². The molecule has 0 spiro atoms. The molecule has 1 rings (SSSR count). The van der Waals surface area contributed by atoms with Gasteiger partial charge in [0.05, 0.1) is 0 Å². The number of carboxylic acid groups (broad SMARTS) is 1. The van der Waals surface area contributed by atoms with Crippen LogP contribution in [-0.4, -0.2) is 24.5 Å². The Morgan fingerprint density at radius 1 is 1.47 bits per heavy atom. The second kappa shape index (κ2) is 6.70. The summed E-state index contributed by atoms with van der Waals surface area (Å²) in [7, 11) is 0. The van der Waals surface area contributed by atoms with E-state index in [1.54, 1.807) is 6.07 Å². The second-order valence-electron chi connectivity index (χ2n) is 3.42. The molecule has 4 heteroatoms. The summed E-state index contributed by atoms with van der Waals surface area (Å²) in [5.74, 6) is -0.333. The molecule has 1 N–H and O–H groups in total. The lowest BCUT2D eigenvalue weighted by Gasteiger charge is -2.11. The van der Waals surface area contributed by atoms with Crippen molar-refractivity contribution in [2.75, 3.05) is 13.4 Å². The fraction of sp³-hybridized carbons (Fsp3) is 0.308. The average Bonchev–Trinajstić information content (AvgIpc) is 2.29. The minimum absolute atomic E-state index is 0.162. The smallest absolute Gasteiger partial charge is 0.328 e. The summed E-state index contributed by atoms with van der Waals surface area (Å²) in [6.45, 7) is 4.52. The van der Waals surface area contributed by atoms with Crippen LogP contribution in [0, 0.1) is 6.92 Å². The van der Waals surface area contributed by atoms with E-state index in [9.17, 15) is 4.79 Å². The molecule has 4 nitrogen and oxygen atoms in total. The van der Waals surface area contributed by atoms with Gasteiger partial charge in [-0.05, 0) is 25.5 Å². The topological polar surface area (TPSA) is 55.8 Å². The van der Waals surface area contributed by atoms with Crippen LogP contribution in [-0.2, 0) is 9.53 Å². The number of hydrogen-bond acceptors (Lipinski definition) is 3. The molecule has 0 saturated carbocycles. The molecule has 0 radical (unpaired) electrons. The van der Waals surface area contributed by atoms with E-state index >= 15 is 0 Å². The van der Waals surface area contributed by atoms with Crippen LogP contribution in [0.15, 0.2) is 24.3 Å². The quantitative estimate of drug-likeness (QED) is 0.468. The van der Waals surface area contributed by atoms with Crippen molar-refractivity contribution in [3.05, 3.63) is 35.4 Å². The largest absolute Gasteiger partial charge is 0.478 e. The Labute approximate surface area is 100 Å². The van der Waals surface area contributed by atoms with E-state index in [1.165, 1.54) is 6.08 Å². The number of hydrogen-bond donors (Lipinski definition) is 1. The van der Waals surface area contributed by atoms with E-state index in [-0.39, 0.29) is 6.79 Å². The van der Waals surface area contributed by atoms with Crippen molar-refractivity contribution in [1.29, 1.82) is 0 Å². The van der Waals surface area contributed by atoms with E-state index < -0.39 is 5.97 Å². The van der Waals surface area contributed by atoms with Crippen LogP contribution in [0.3, 0.4) is 0 Å². The molecular weight excluding hydrogens is 220 g/mol. The Bertz CT molecular complexity index is 410. The van der Waals surface area contributed by atoms with E-state index in [0.717, 1.165) is 17.2 Å². The molecule has 0 unspecified atom stereocenters. The van der Waals surface area contributed by atoms with Crippen molar-refractivity contribution in [3.63, 3.8) is 0 Å². The minimum atomic E-state index is -0.984. The molecular formula is C13H16O4. The van der Waals surface area contributed by atoms with Crippen molar-refractivity contribution in [3.8, 4) is 5.75 Å². The molecule has 0 heterocycles. The highest BCUT2D eigenvalue weighted by molar-refractivity contribution is 5.86. The Balaban J connectivity index is 2.87. The molecule has 0 aliphatic carbocycles. The highest BCUT2D eigenvalue weighted by Crippen LogP contribution is 2.24. The molecule has 0 amide bonds. The van der Waals surface area contributed by atoms with Crippen molar-refractivity contribution in [2.24, 2.45) is 0 Å². The molecule has 0 aliphatic rings. The van der Waals surface area contributed by atoms with Gasteiger partial charge >= 0.3 is 5.97 Å². The number of aliphatic carboxylic acids is 1. The number of carboxylic acids is 1. The van der Waals surface area contributed by atoms with Crippen molar-refractivity contribution in [1.82, 2.24) is 0 Å². The summed E-state index contributed by atoms with van der Waals surface area (Å²) in [6, 6.07) is 5.55. The SMILES string of the molecule is CCOCOc1c(C)cccc1/C=C/C(=O)O. The number of benzene rings is 1. The van der Waals surface area contributed by atoms with Gasteiger partial charge in [0.2, 0.25) is 0 Å². The first-order valence-corrected chi connectivity index (χ1v) is 5.36. The van der Waals surface area contributed by atoms with Gasteiger partial charge in [0.25, 0.3) is 0 Å². The predicted molar refractivity (Wildman–Crippen MR) is 65.0 cm³/mol. The van der Waals surface area contributed by atoms with Gasteiger partial charge in [-0.15, -0.1) is 0 Å². The molecule has 0 fully saturated rings. The lowest BCUT2D eigenvalue weighted by atomic mass is 10.1. The Morgan fingerprint density at radius 2 is 2.24 bits per heavy atom. The molecule has 1 aromatic rings. The average molecular weight is 236 g/mol. The molecule has 17 heavy (non-hydrogen) atoms. The summed E-state index contributed by atoms with van der Waals surface area (Å²) in [5.41, 5.74) is 1.67. The minimum Gasteiger partial charge on any atom is -0.478 e. The van der Waals surface area contributed by atoms with Crippen LogP contribution >= 0.6 is 0 Å². The van der Waals surface area contributed by atoms with E-state index in [1.807, 2.05) is 26.0 Å². The standard InChI is InChI=1S/C13H16O4/c1-3-16-9-17-13-10(2)5-4-6-11(13)7-8-12(14)15/h4-8H,3,9H2,1-2H3,(H,14,15)/b8-7+. The molecule has 92 valence electrons. The Kier molecular flexibility index (Phi) is 5.23. The first kappa shape index (κ1) is 13.3. The van der Waals surface area contributed by atoms with Crippen LogP contribution in [0.4, 0.5) is 0 Å². The zero-order valence-electron chi connectivity index (χ0n) is 9.97. The first-order chi connectivity index (χ1) is 8.15. The normalized spacial score (nSPS) is 10.7. The van der Waals surface area contributed by atoms with Gasteiger partial charge in [-0.2, -0.15) is 0 Å². The van der Waals surface area contributed by atoms with Crippen molar-refractivity contribution >= 4 is 12.0 Å². The van der Waals surface area contributed by atoms with Gasteiger partial charge in [-0.25, -0.2) is 4.79 Å². The monoisotopic (exact) mass is 236 g/mol. The van der Waals surface area contributed by atoms with Gasteiger partial charge in [0.15, 0.2) is 6.79 Å². The van der Waals surface area contributed by atoms with Gasteiger partial charge in [-0.3, -0.25) is 0 Å². The summed E-state index contributed by atoms with van der Waals surface area (Å²) >= 11 is 0. The third-order valence-corrected chi connectivity index (χ3v) is 2.14. The Hall–Kier alpha value is -1.81. The van der Waals surface area contributed by atoms with Crippen LogP contribution < -0.4 is 4.74 Å². The first-order valence-electron chi connectivity index (χ1n) is 5.36. The summed E-state index contributed by atoms with van der Waals surface area (Å²) in [4.78, 5) is 10.5. The fourth-order valence-electron chi connectivity index (χ4n) is 1.35. The highest BCUT2D eigenvalue weighted by atomic mass is 16.7. The molecule has 0 saturated heterocycles. The number of para-hydroxylation sites is 1. The third-order valence-electron chi connectivity index (χ3n) is 2.14. The maximum absolute atomic E-state index is 10.5. The van der Waals surface area contributed by atoms with Crippen LogP contribution in [0.2, 0.25) is 0 Å². The van der Waals surface area contributed by atoms with Crippen LogP contribution in [0.5, 0.6) is 5.75 Å². The fourth-order valence-corrected chi connectivity index (χ4v) is 1.35. The highest BCUT2D eigenvalue weighted by Gasteiger charge is 2.04. The summed E-state index contributed by atoms with van der Waals surface area (Å²) in [5, 5.41) is 8.60. The maximum atomic E-state index is 10.5. The Morgan fingerprint density at radius 3 is 2.88 bits per heavy atom. The number of aryl methyl sites for hydroxylation is 1. The van der Waals surface area contributed by atoms with Crippen LogP contribution in [0.1, 0.15) is 18.1 Å². The second-order valence-corrected chi connectivity index (χ2v) is 3.42. The summed E-state index contributed by atoms with van der Waals surface area (Å²) in [6.07, 6.45) is 2.60. The summed E-state index contributed by atoms with van der Waals surface area (Å²) < 4.78 is 10.6. The molecule has 0 bridgehead atoms. The van der Waals surface area contributed by atoms with Gasteiger partial charge < -0.3 is 14.6 Å². The number of carbonyl (C=O) groups is 1.